The molecule has 0 spiro atoms. The number of piperidine rings is 1. The molecular formula is C7H12F3NO2. The maximum absolute atomic E-state index is 10.6. The van der Waals surface area contributed by atoms with Gasteiger partial charge in [0, 0.05) is 0 Å². The smallest absolute Gasteiger partial charge is 0.475 e. The summed E-state index contributed by atoms with van der Waals surface area (Å²) in [5, 5.41) is 10.4. The van der Waals surface area contributed by atoms with Crippen molar-refractivity contribution in [1.82, 2.24) is 5.32 Å². The Hall–Kier alpha value is -0.780. The molecule has 1 heterocycles. The van der Waals surface area contributed by atoms with Gasteiger partial charge in [0.2, 0.25) is 0 Å². The minimum Gasteiger partial charge on any atom is -0.475 e. The van der Waals surface area contributed by atoms with Crippen LogP contribution in [0.3, 0.4) is 0 Å². The van der Waals surface area contributed by atoms with Crippen LogP contribution < -0.4 is 5.32 Å². The largest absolute Gasteiger partial charge is 0.490 e. The molecule has 2 N–H and O–H groups in total. The number of hydrogen-bond donors (Lipinski definition) is 2. The lowest BCUT2D eigenvalue weighted by Crippen LogP contribution is -2.21. The zero-order valence-electron chi connectivity index (χ0n) is 7.02. The number of hydrogen-bond acceptors (Lipinski definition) is 2. The van der Waals surface area contributed by atoms with Crippen molar-refractivity contribution in [1.29, 1.82) is 0 Å². The van der Waals surface area contributed by atoms with E-state index in [1.807, 2.05) is 0 Å². The molecule has 0 amide bonds. The van der Waals surface area contributed by atoms with Gasteiger partial charge in [-0.1, -0.05) is 6.42 Å². The Morgan fingerprint density at radius 2 is 1.54 bits per heavy atom. The van der Waals surface area contributed by atoms with Crippen molar-refractivity contribution in [2.75, 3.05) is 13.1 Å². The summed E-state index contributed by atoms with van der Waals surface area (Å²) >= 11 is 0. The molecule has 0 atom stereocenters. The summed E-state index contributed by atoms with van der Waals surface area (Å²) < 4.78 is 31.7. The molecule has 13 heavy (non-hydrogen) atoms. The summed E-state index contributed by atoms with van der Waals surface area (Å²) in [6.45, 7) is 2.50. The molecule has 1 rings (SSSR count). The molecule has 6 heteroatoms. The highest BCUT2D eigenvalue weighted by Crippen LogP contribution is 2.13. The van der Waals surface area contributed by atoms with Crippen LogP contribution >= 0.6 is 0 Å². The molecule has 0 saturated carbocycles. The Balaban J connectivity index is 0.000000223. The number of halogens is 3. The average molecular weight is 199 g/mol. The standard InChI is InChI=1S/C5H11N.C2HF3O2/c1-2-4-6-5-3-1;3-2(4,5)1(6)7/h6H,1-5H2;(H,6,7). The van der Waals surface area contributed by atoms with Gasteiger partial charge in [0.05, 0.1) is 0 Å². The van der Waals surface area contributed by atoms with Gasteiger partial charge in [-0.15, -0.1) is 0 Å². The summed E-state index contributed by atoms with van der Waals surface area (Å²) in [7, 11) is 0. The van der Waals surface area contributed by atoms with E-state index in [1.54, 1.807) is 0 Å². The summed E-state index contributed by atoms with van der Waals surface area (Å²) in [5.41, 5.74) is 0. The fraction of sp³-hybridized carbons (Fsp3) is 0.857. The fourth-order valence-corrected chi connectivity index (χ4v) is 0.802. The van der Waals surface area contributed by atoms with Crippen molar-refractivity contribution in [3.8, 4) is 0 Å². The van der Waals surface area contributed by atoms with Gasteiger partial charge in [-0.3, -0.25) is 0 Å². The first-order chi connectivity index (χ1) is 5.94. The maximum Gasteiger partial charge on any atom is 0.490 e. The second-order valence-corrected chi connectivity index (χ2v) is 2.61. The van der Waals surface area contributed by atoms with Gasteiger partial charge in [0.15, 0.2) is 0 Å². The molecule has 3 nitrogen and oxygen atoms in total. The van der Waals surface area contributed by atoms with Gasteiger partial charge in [0.25, 0.3) is 0 Å². The van der Waals surface area contributed by atoms with Gasteiger partial charge < -0.3 is 10.4 Å². The van der Waals surface area contributed by atoms with Crippen LogP contribution in [0.15, 0.2) is 0 Å². The van der Waals surface area contributed by atoms with Crippen LogP contribution in [-0.4, -0.2) is 30.3 Å². The quantitative estimate of drug-likeness (QED) is 0.619. The van der Waals surface area contributed by atoms with Gasteiger partial charge in [-0.25, -0.2) is 4.79 Å². The third-order valence-corrected chi connectivity index (χ3v) is 1.45. The van der Waals surface area contributed by atoms with E-state index in [9.17, 15) is 13.2 Å². The highest BCUT2D eigenvalue weighted by Gasteiger charge is 2.38. The van der Waals surface area contributed by atoms with Crippen molar-refractivity contribution in [2.45, 2.75) is 25.4 Å². The Labute approximate surface area is 73.9 Å². The minimum atomic E-state index is -5.08. The maximum atomic E-state index is 10.6. The van der Waals surface area contributed by atoms with E-state index in [1.165, 1.54) is 32.4 Å². The predicted octanol–water partition coefficient (Wildman–Crippen LogP) is 1.39. The summed E-state index contributed by atoms with van der Waals surface area (Å²) in [5.74, 6) is -2.76. The zero-order chi connectivity index (χ0) is 10.3. The Morgan fingerprint density at radius 3 is 1.62 bits per heavy atom. The first-order valence-corrected chi connectivity index (χ1v) is 3.95. The van der Waals surface area contributed by atoms with Crippen molar-refractivity contribution in [2.24, 2.45) is 0 Å². The number of carbonyl (C=O) groups is 1. The third kappa shape index (κ3) is 7.58. The van der Waals surface area contributed by atoms with Gasteiger partial charge in [-0.2, -0.15) is 13.2 Å². The molecule has 1 saturated heterocycles. The monoisotopic (exact) mass is 199 g/mol. The predicted molar refractivity (Wildman–Crippen MR) is 40.4 cm³/mol. The van der Waals surface area contributed by atoms with Gasteiger partial charge in [-0.05, 0) is 25.9 Å². The number of carboxylic acid groups (broad SMARTS) is 1. The molecule has 0 aromatic rings. The number of alkyl halides is 3. The molecule has 0 aromatic carbocycles. The zero-order valence-corrected chi connectivity index (χ0v) is 7.02. The molecule has 1 aliphatic rings. The second kappa shape index (κ2) is 5.80. The lowest BCUT2D eigenvalue weighted by atomic mass is 10.2. The summed E-state index contributed by atoms with van der Waals surface area (Å²) in [6.07, 6.45) is -0.868. The highest BCUT2D eigenvalue weighted by atomic mass is 19.4. The molecule has 0 aliphatic carbocycles. The number of carboxylic acids is 1. The molecule has 78 valence electrons. The molecular weight excluding hydrogens is 187 g/mol. The van der Waals surface area contributed by atoms with E-state index in [4.69, 9.17) is 9.90 Å². The van der Waals surface area contributed by atoms with Crippen LogP contribution in [-0.2, 0) is 4.79 Å². The normalized spacial score (nSPS) is 17.2. The Bertz CT molecular complexity index is 143. The van der Waals surface area contributed by atoms with Crippen LogP contribution in [0.4, 0.5) is 13.2 Å². The summed E-state index contributed by atoms with van der Waals surface area (Å²) in [6, 6.07) is 0. The van der Waals surface area contributed by atoms with Crippen LogP contribution in [0.2, 0.25) is 0 Å². The number of nitrogens with one attached hydrogen (secondary N) is 1. The van der Waals surface area contributed by atoms with E-state index in [0.29, 0.717) is 0 Å². The third-order valence-electron chi connectivity index (χ3n) is 1.45. The second-order valence-electron chi connectivity index (χ2n) is 2.61. The lowest BCUT2D eigenvalue weighted by Gasteiger charge is -2.08. The van der Waals surface area contributed by atoms with E-state index in [-0.39, 0.29) is 0 Å². The minimum absolute atomic E-state index is 1.25. The first-order valence-electron chi connectivity index (χ1n) is 3.95. The Kier molecular flexibility index (Phi) is 5.45. The van der Waals surface area contributed by atoms with Crippen molar-refractivity contribution in [3.05, 3.63) is 0 Å². The molecule has 0 aromatic heterocycles. The molecule has 0 radical (unpaired) electrons. The fourth-order valence-electron chi connectivity index (χ4n) is 0.802. The van der Waals surface area contributed by atoms with Crippen molar-refractivity contribution < 1.29 is 23.1 Å². The highest BCUT2D eigenvalue weighted by molar-refractivity contribution is 5.73. The number of rotatable bonds is 0. The van der Waals surface area contributed by atoms with Crippen molar-refractivity contribution in [3.63, 3.8) is 0 Å². The molecule has 1 fully saturated rings. The van der Waals surface area contributed by atoms with E-state index >= 15 is 0 Å². The van der Waals surface area contributed by atoms with Crippen LogP contribution in [0, 0.1) is 0 Å². The van der Waals surface area contributed by atoms with Gasteiger partial charge >= 0.3 is 12.1 Å². The van der Waals surface area contributed by atoms with Crippen LogP contribution in [0.25, 0.3) is 0 Å². The van der Waals surface area contributed by atoms with Crippen LogP contribution in [0.1, 0.15) is 19.3 Å². The van der Waals surface area contributed by atoms with E-state index in [0.717, 1.165) is 0 Å². The molecule has 1 aliphatic heterocycles. The number of aliphatic carboxylic acids is 1. The van der Waals surface area contributed by atoms with Crippen LogP contribution in [0.5, 0.6) is 0 Å². The topological polar surface area (TPSA) is 49.3 Å². The Morgan fingerprint density at radius 1 is 1.15 bits per heavy atom. The lowest BCUT2D eigenvalue weighted by molar-refractivity contribution is -0.192. The van der Waals surface area contributed by atoms with E-state index in [2.05, 4.69) is 5.32 Å². The van der Waals surface area contributed by atoms with Gasteiger partial charge in [0.1, 0.15) is 0 Å². The SMILES string of the molecule is C1CCNCC1.O=C(O)C(F)(F)F. The van der Waals surface area contributed by atoms with E-state index < -0.39 is 12.1 Å². The average Bonchev–Trinajstić information content (AvgIpc) is 2.07. The molecule has 0 unspecified atom stereocenters. The van der Waals surface area contributed by atoms with Crippen molar-refractivity contribution >= 4 is 5.97 Å². The first kappa shape index (κ1) is 12.2. The molecule has 0 bridgehead atoms. The summed E-state index contributed by atoms with van der Waals surface area (Å²) in [4.78, 5) is 8.90.